The molecular weight excluding hydrogens is 328 g/mol. The molecule has 0 spiro atoms. The number of benzene rings is 1. The van der Waals surface area contributed by atoms with Crippen molar-refractivity contribution in [1.82, 2.24) is 0 Å². The van der Waals surface area contributed by atoms with Crippen molar-refractivity contribution < 1.29 is 19.1 Å². The van der Waals surface area contributed by atoms with Crippen molar-refractivity contribution in [3.8, 4) is 5.75 Å². The number of rotatable bonds is 2. The first kappa shape index (κ1) is 17.6. The van der Waals surface area contributed by atoms with Gasteiger partial charge in [0.05, 0.1) is 0 Å². The first-order chi connectivity index (χ1) is 12.4. The van der Waals surface area contributed by atoms with Crippen LogP contribution in [0.2, 0.25) is 0 Å². The summed E-state index contributed by atoms with van der Waals surface area (Å²) in [7, 11) is 0. The van der Waals surface area contributed by atoms with Gasteiger partial charge in [0.1, 0.15) is 11.9 Å². The first-order valence-corrected chi connectivity index (χ1v) is 9.84. The molecule has 0 amide bonds. The third-order valence-corrected chi connectivity index (χ3v) is 7.02. The highest BCUT2D eigenvalue weighted by molar-refractivity contribution is 5.69. The van der Waals surface area contributed by atoms with E-state index in [1.54, 1.807) is 0 Å². The van der Waals surface area contributed by atoms with E-state index in [0.717, 1.165) is 19.3 Å². The molecular formula is C22H28O4. The Morgan fingerprint density at radius 3 is 2.69 bits per heavy atom. The maximum absolute atomic E-state index is 11.4. The number of aryl methyl sites for hydroxylation is 1. The van der Waals surface area contributed by atoms with Crippen molar-refractivity contribution in [2.45, 2.75) is 71.3 Å². The second-order valence-corrected chi connectivity index (χ2v) is 8.73. The molecule has 0 saturated heterocycles. The van der Waals surface area contributed by atoms with Crippen molar-refractivity contribution in [3.05, 3.63) is 29.3 Å². The highest BCUT2D eigenvalue weighted by atomic mass is 16.5. The molecule has 5 atom stereocenters. The Bertz CT molecular complexity index is 740. The number of carbonyl (C=O) groups is 2. The summed E-state index contributed by atoms with van der Waals surface area (Å²) in [6.45, 7) is 5.36. The minimum absolute atomic E-state index is 0.0917. The second-order valence-electron chi connectivity index (χ2n) is 8.73. The van der Waals surface area contributed by atoms with Crippen molar-refractivity contribution >= 4 is 11.9 Å². The molecule has 1 aromatic rings. The zero-order valence-corrected chi connectivity index (χ0v) is 15.9. The molecule has 0 bridgehead atoms. The zero-order valence-electron chi connectivity index (χ0n) is 15.9. The van der Waals surface area contributed by atoms with Crippen LogP contribution in [0.5, 0.6) is 5.75 Å². The monoisotopic (exact) mass is 356 g/mol. The van der Waals surface area contributed by atoms with E-state index in [9.17, 15) is 9.59 Å². The summed E-state index contributed by atoms with van der Waals surface area (Å²) in [5.41, 5.74) is 3.08. The molecule has 4 heteroatoms. The Hall–Kier alpha value is -1.84. The lowest BCUT2D eigenvalue weighted by Crippen LogP contribution is -2.39. The molecule has 2 fully saturated rings. The summed E-state index contributed by atoms with van der Waals surface area (Å²) >= 11 is 0. The van der Waals surface area contributed by atoms with Gasteiger partial charge in [0, 0.05) is 13.8 Å². The van der Waals surface area contributed by atoms with E-state index >= 15 is 0 Å². The maximum Gasteiger partial charge on any atom is 0.308 e. The predicted octanol–water partition coefficient (Wildman–Crippen LogP) is 4.40. The molecule has 26 heavy (non-hydrogen) atoms. The van der Waals surface area contributed by atoms with Crippen LogP contribution in [0.4, 0.5) is 0 Å². The van der Waals surface area contributed by atoms with E-state index in [0.29, 0.717) is 28.9 Å². The van der Waals surface area contributed by atoms with Crippen molar-refractivity contribution in [2.75, 3.05) is 0 Å². The van der Waals surface area contributed by atoms with Crippen LogP contribution in [0.3, 0.4) is 0 Å². The van der Waals surface area contributed by atoms with Gasteiger partial charge in [-0.05, 0) is 85.0 Å². The van der Waals surface area contributed by atoms with Gasteiger partial charge in [-0.1, -0.05) is 13.0 Å². The molecule has 3 aliphatic rings. The van der Waals surface area contributed by atoms with E-state index < -0.39 is 0 Å². The van der Waals surface area contributed by atoms with Gasteiger partial charge in [-0.3, -0.25) is 9.59 Å². The maximum atomic E-state index is 11.4. The Morgan fingerprint density at radius 1 is 1.15 bits per heavy atom. The van der Waals surface area contributed by atoms with Gasteiger partial charge in [-0.25, -0.2) is 0 Å². The van der Waals surface area contributed by atoms with E-state index in [-0.39, 0.29) is 18.0 Å². The molecule has 0 unspecified atom stereocenters. The number of carbonyl (C=O) groups excluding carboxylic acids is 2. The van der Waals surface area contributed by atoms with Crippen LogP contribution in [-0.4, -0.2) is 18.0 Å². The number of fused-ring (bicyclic) bond motifs is 5. The Labute approximate surface area is 155 Å². The van der Waals surface area contributed by atoms with Gasteiger partial charge in [0.15, 0.2) is 0 Å². The molecule has 140 valence electrons. The Morgan fingerprint density at radius 2 is 1.96 bits per heavy atom. The third kappa shape index (κ3) is 3.04. The van der Waals surface area contributed by atoms with Crippen LogP contribution in [0.25, 0.3) is 0 Å². The van der Waals surface area contributed by atoms with Gasteiger partial charge >= 0.3 is 11.9 Å². The summed E-state index contributed by atoms with van der Waals surface area (Å²) in [5.74, 6) is 2.12. The summed E-state index contributed by atoms with van der Waals surface area (Å²) in [6.07, 6.45) is 6.72. The second kappa shape index (κ2) is 6.40. The molecule has 0 aliphatic heterocycles. The molecule has 4 rings (SSSR count). The average molecular weight is 356 g/mol. The molecule has 0 N–H and O–H groups in total. The van der Waals surface area contributed by atoms with Gasteiger partial charge in [0.25, 0.3) is 0 Å². The van der Waals surface area contributed by atoms with E-state index in [2.05, 4.69) is 19.1 Å². The van der Waals surface area contributed by atoms with Crippen molar-refractivity contribution in [1.29, 1.82) is 0 Å². The largest absolute Gasteiger partial charge is 0.463 e. The quantitative estimate of drug-likeness (QED) is 0.582. The lowest BCUT2D eigenvalue weighted by Gasteiger charge is -2.49. The molecule has 1 aromatic carbocycles. The number of hydrogen-bond acceptors (Lipinski definition) is 4. The Kier molecular flexibility index (Phi) is 4.32. The summed E-state index contributed by atoms with van der Waals surface area (Å²) < 4.78 is 10.8. The summed E-state index contributed by atoms with van der Waals surface area (Å²) in [5, 5.41) is 0. The minimum atomic E-state index is -0.269. The number of hydrogen-bond donors (Lipinski definition) is 0. The van der Waals surface area contributed by atoms with Crippen LogP contribution in [0, 0.1) is 17.3 Å². The molecule has 0 aromatic heterocycles. The fourth-order valence-corrected chi connectivity index (χ4v) is 6.11. The topological polar surface area (TPSA) is 52.6 Å². The Balaban J connectivity index is 1.57. The smallest absolute Gasteiger partial charge is 0.308 e. The SMILES string of the molecule is CC(=O)Oc1ccc2c(c1)CC[C@@H]1[C@H]3C[C@H](OC(C)=O)C[C@]3(C)CC[C@@H]21. The fourth-order valence-electron chi connectivity index (χ4n) is 6.11. The summed E-state index contributed by atoms with van der Waals surface area (Å²) in [6, 6.07) is 6.16. The minimum Gasteiger partial charge on any atom is -0.463 e. The highest BCUT2D eigenvalue weighted by Gasteiger charge is 2.53. The van der Waals surface area contributed by atoms with Crippen LogP contribution in [-0.2, 0) is 20.7 Å². The van der Waals surface area contributed by atoms with E-state index in [4.69, 9.17) is 9.47 Å². The van der Waals surface area contributed by atoms with E-state index in [1.165, 1.54) is 44.2 Å². The molecule has 2 saturated carbocycles. The highest BCUT2D eigenvalue weighted by Crippen LogP contribution is 2.61. The van der Waals surface area contributed by atoms with Gasteiger partial charge in [-0.2, -0.15) is 0 Å². The number of esters is 2. The van der Waals surface area contributed by atoms with Crippen LogP contribution in [0.15, 0.2) is 18.2 Å². The van der Waals surface area contributed by atoms with Crippen molar-refractivity contribution in [3.63, 3.8) is 0 Å². The number of ether oxygens (including phenoxy) is 2. The predicted molar refractivity (Wildman–Crippen MR) is 97.9 cm³/mol. The van der Waals surface area contributed by atoms with Crippen LogP contribution in [0.1, 0.15) is 69.9 Å². The third-order valence-electron chi connectivity index (χ3n) is 7.02. The molecule has 0 radical (unpaired) electrons. The van der Waals surface area contributed by atoms with Crippen LogP contribution >= 0.6 is 0 Å². The van der Waals surface area contributed by atoms with Gasteiger partial charge < -0.3 is 9.47 Å². The molecule has 0 heterocycles. The fraction of sp³-hybridized carbons (Fsp3) is 0.636. The van der Waals surface area contributed by atoms with E-state index in [1.807, 2.05) is 6.07 Å². The normalized spacial score (nSPS) is 35.0. The van der Waals surface area contributed by atoms with Crippen LogP contribution < -0.4 is 4.74 Å². The van der Waals surface area contributed by atoms with Crippen molar-refractivity contribution in [2.24, 2.45) is 17.3 Å². The standard InChI is InChI=1S/C22H28O4/c1-13(23)25-16-5-7-18-15(10-16)4-6-20-19(18)8-9-22(3)12-17(11-21(20)22)26-14(2)24/h5,7,10,17,19-21H,4,6,8-9,11-12H2,1-3H3/t17-,19-,20-,21+,22-/m0/s1. The average Bonchev–Trinajstić information content (AvgIpc) is 2.89. The lowest BCUT2D eigenvalue weighted by atomic mass is 9.56. The molecule has 3 aliphatic carbocycles. The van der Waals surface area contributed by atoms with Gasteiger partial charge in [-0.15, -0.1) is 0 Å². The first-order valence-electron chi connectivity index (χ1n) is 9.84. The van der Waals surface area contributed by atoms with Gasteiger partial charge in [0.2, 0.25) is 0 Å². The zero-order chi connectivity index (χ0) is 18.5. The molecule has 4 nitrogen and oxygen atoms in total. The summed E-state index contributed by atoms with van der Waals surface area (Å²) in [4.78, 5) is 22.6. The lowest BCUT2D eigenvalue weighted by molar-refractivity contribution is -0.146.